The van der Waals surface area contributed by atoms with Crippen LogP contribution in [0, 0.1) is 17.7 Å². The SMILES string of the molecule is CC(O)C#Cc1ccc(F)cc1. The molecule has 0 aliphatic carbocycles. The zero-order valence-corrected chi connectivity index (χ0v) is 6.71. The van der Waals surface area contributed by atoms with Crippen molar-refractivity contribution in [2.24, 2.45) is 0 Å². The van der Waals surface area contributed by atoms with Gasteiger partial charge in [-0.05, 0) is 31.2 Å². The number of aliphatic hydroxyl groups excluding tert-OH is 1. The highest BCUT2D eigenvalue weighted by Crippen LogP contribution is 2.00. The van der Waals surface area contributed by atoms with Crippen LogP contribution in [0.1, 0.15) is 12.5 Å². The first-order valence-electron chi connectivity index (χ1n) is 3.63. The summed E-state index contributed by atoms with van der Waals surface area (Å²) in [6.07, 6.45) is -0.643. The van der Waals surface area contributed by atoms with Crippen LogP contribution in [0.25, 0.3) is 0 Å². The molecule has 1 nitrogen and oxygen atoms in total. The molecular formula is C10H9FO. The van der Waals surface area contributed by atoms with Crippen molar-refractivity contribution in [1.82, 2.24) is 0 Å². The fourth-order valence-electron chi connectivity index (χ4n) is 0.721. The van der Waals surface area contributed by atoms with E-state index in [9.17, 15) is 4.39 Å². The fraction of sp³-hybridized carbons (Fsp3) is 0.200. The zero-order valence-electron chi connectivity index (χ0n) is 6.71. The molecule has 0 aliphatic heterocycles. The lowest BCUT2D eigenvalue weighted by Gasteiger charge is -1.90. The van der Waals surface area contributed by atoms with Gasteiger partial charge in [0.15, 0.2) is 0 Å². The summed E-state index contributed by atoms with van der Waals surface area (Å²) in [6.45, 7) is 1.58. The number of halogens is 1. The summed E-state index contributed by atoms with van der Waals surface area (Å²) in [5.41, 5.74) is 0.706. The molecule has 0 amide bonds. The van der Waals surface area contributed by atoms with Crippen LogP contribution in [-0.2, 0) is 0 Å². The molecule has 62 valence electrons. The fourth-order valence-corrected chi connectivity index (χ4v) is 0.721. The molecule has 1 rings (SSSR count). The first-order valence-corrected chi connectivity index (χ1v) is 3.63. The molecule has 0 fully saturated rings. The Bertz CT molecular complexity index is 303. The maximum atomic E-state index is 12.4. The summed E-state index contributed by atoms with van der Waals surface area (Å²) in [5, 5.41) is 8.82. The van der Waals surface area contributed by atoms with Crippen LogP contribution in [0.2, 0.25) is 0 Å². The van der Waals surface area contributed by atoms with Crippen molar-refractivity contribution in [3.8, 4) is 11.8 Å². The van der Waals surface area contributed by atoms with E-state index in [1.807, 2.05) is 0 Å². The maximum Gasteiger partial charge on any atom is 0.123 e. The van der Waals surface area contributed by atoms with E-state index in [1.165, 1.54) is 12.1 Å². The van der Waals surface area contributed by atoms with Crippen molar-refractivity contribution >= 4 is 0 Å². The minimum atomic E-state index is -0.643. The van der Waals surface area contributed by atoms with Gasteiger partial charge in [0.25, 0.3) is 0 Å². The van der Waals surface area contributed by atoms with Gasteiger partial charge in [-0.3, -0.25) is 0 Å². The number of aliphatic hydroxyl groups is 1. The molecule has 2 heteroatoms. The summed E-state index contributed by atoms with van der Waals surface area (Å²) in [4.78, 5) is 0. The van der Waals surface area contributed by atoms with E-state index >= 15 is 0 Å². The molecule has 0 aliphatic rings. The predicted octanol–water partition coefficient (Wildman–Crippen LogP) is 1.56. The van der Waals surface area contributed by atoms with Crippen molar-refractivity contribution in [2.45, 2.75) is 13.0 Å². The van der Waals surface area contributed by atoms with Gasteiger partial charge in [-0.25, -0.2) is 4.39 Å². The topological polar surface area (TPSA) is 20.2 Å². The Morgan fingerprint density at radius 1 is 1.33 bits per heavy atom. The summed E-state index contributed by atoms with van der Waals surface area (Å²) in [5.74, 6) is 4.99. The lowest BCUT2D eigenvalue weighted by atomic mass is 10.2. The van der Waals surface area contributed by atoms with Gasteiger partial charge < -0.3 is 5.11 Å². The van der Waals surface area contributed by atoms with Crippen LogP contribution in [0.15, 0.2) is 24.3 Å². The molecule has 0 spiro atoms. The monoisotopic (exact) mass is 164 g/mol. The second kappa shape index (κ2) is 3.89. The van der Waals surface area contributed by atoms with E-state index in [4.69, 9.17) is 5.11 Å². The van der Waals surface area contributed by atoms with E-state index in [0.717, 1.165) is 0 Å². The van der Waals surface area contributed by atoms with Crippen LogP contribution in [0.3, 0.4) is 0 Å². The summed E-state index contributed by atoms with van der Waals surface area (Å²) >= 11 is 0. The van der Waals surface area contributed by atoms with Crippen molar-refractivity contribution in [1.29, 1.82) is 0 Å². The smallest absolute Gasteiger partial charge is 0.123 e. The van der Waals surface area contributed by atoms with Gasteiger partial charge in [0.1, 0.15) is 11.9 Å². The van der Waals surface area contributed by atoms with Crippen molar-refractivity contribution in [3.05, 3.63) is 35.6 Å². The number of hydrogen-bond acceptors (Lipinski definition) is 1. The Morgan fingerprint density at radius 2 is 1.92 bits per heavy atom. The molecule has 0 heterocycles. The summed E-state index contributed by atoms with van der Waals surface area (Å²) < 4.78 is 12.4. The predicted molar refractivity (Wildman–Crippen MR) is 45.0 cm³/mol. The van der Waals surface area contributed by atoms with E-state index in [1.54, 1.807) is 19.1 Å². The minimum Gasteiger partial charge on any atom is -0.381 e. The van der Waals surface area contributed by atoms with Crippen LogP contribution < -0.4 is 0 Å². The van der Waals surface area contributed by atoms with E-state index in [2.05, 4.69) is 11.8 Å². The Labute approximate surface area is 70.9 Å². The molecule has 0 saturated heterocycles. The van der Waals surface area contributed by atoms with Gasteiger partial charge in [-0.15, -0.1) is 0 Å². The van der Waals surface area contributed by atoms with E-state index in [0.29, 0.717) is 5.56 Å². The molecular weight excluding hydrogens is 155 g/mol. The molecule has 1 unspecified atom stereocenters. The molecule has 0 radical (unpaired) electrons. The average molecular weight is 164 g/mol. The Hall–Kier alpha value is -1.33. The third-order valence-corrected chi connectivity index (χ3v) is 1.27. The summed E-state index contributed by atoms with van der Waals surface area (Å²) in [7, 11) is 0. The van der Waals surface area contributed by atoms with Gasteiger partial charge in [0, 0.05) is 5.56 Å². The number of rotatable bonds is 0. The van der Waals surface area contributed by atoms with Crippen LogP contribution in [0.5, 0.6) is 0 Å². The lowest BCUT2D eigenvalue weighted by Crippen LogP contribution is -1.92. The van der Waals surface area contributed by atoms with Crippen molar-refractivity contribution in [2.75, 3.05) is 0 Å². The van der Waals surface area contributed by atoms with Gasteiger partial charge in [-0.2, -0.15) is 0 Å². The molecule has 0 saturated carbocycles. The number of benzene rings is 1. The molecule has 12 heavy (non-hydrogen) atoms. The molecule has 0 aromatic heterocycles. The van der Waals surface area contributed by atoms with Gasteiger partial charge in [0.2, 0.25) is 0 Å². The highest BCUT2D eigenvalue weighted by atomic mass is 19.1. The lowest BCUT2D eigenvalue weighted by molar-refractivity contribution is 0.253. The van der Waals surface area contributed by atoms with Crippen LogP contribution in [-0.4, -0.2) is 11.2 Å². The van der Waals surface area contributed by atoms with Gasteiger partial charge in [-0.1, -0.05) is 11.8 Å². The normalized spacial score (nSPS) is 11.6. The highest BCUT2D eigenvalue weighted by Gasteiger charge is 1.89. The van der Waals surface area contributed by atoms with Crippen LogP contribution in [0.4, 0.5) is 4.39 Å². The Morgan fingerprint density at radius 3 is 2.42 bits per heavy atom. The molecule has 1 atom stereocenters. The van der Waals surface area contributed by atoms with Crippen LogP contribution >= 0.6 is 0 Å². The van der Waals surface area contributed by atoms with Crippen molar-refractivity contribution < 1.29 is 9.50 Å². The highest BCUT2D eigenvalue weighted by molar-refractivity contribution is 5.34. The third-order valence-electron chi connectivity index (χ3n) is 1.27. The molecule has 0 bridgehead atoms. The average Bonchev–Trinajstić information content (AvgIpc) is 2.03. The molecule has 1 N–H and O–H groups in total. The third kappa shape index (κ3) is 2.73. The first-order chi connectivity index (χ1) is 5.68. The Balaban J connectivity index is 2.79. The minimum absolute atomic E-state index is 0.280. The second-order valence-corrected chi connectivity index (χ2v) is 2.45. The maximum absolute atomic E-state index is 12.4. The standard InChI is InChI=1S/C10H9FO/c1-8(12)2-3-9-4-6-10(11)7-5-9/h4-8,12H,1H3. The van der Waals surface area contributed by atoms with Gasteiger partial charge in [0.05, 0.1) is 0 Å². The second-order valence-electron chi connectivity index (χ2n) is 2.45. The molecule has 1 aromatic rings. The summed E-state index contributed by atoms with van der Waals surface area (Å²) in [6, 6.07) is 5.83. The van der Waals surface area contributed by atoms with E-state index in [-0.39, 0.29) is 5.82 Å². The first kappa shape index (κ1) is 8.76. The Kier molecular flexibility index (Phi) is 2.84. The zero-order chi connectivity index (χ0) is 8.97. The number of hydrogen-bond donors (Lipinski definition) is 1. The van der Waals surface area contributed by atoms with Crippen molar-refractivity contribution in [3.63, 3.8) is 0 Å². The van der Waals surface area contributed by atoms with Gasteiger partial charge >= 0.3 is 0 Å². The molecule has 1 aromatic carbocycles. The van der Waals surface area contributed by atoms with E-state index < -0.39 is 6.10 Å². The largest absolute Gasteiger partial charge is 0.381 e. The quantitative estimate of drug-likeness (QED) is 0.577.